The van der Waals surface area contributed by atoms with E-state index in [-0.39, 0.29) is 0 Å². The van der Waals surface area contributed by atoms with E-state index in [1.165, 1.54) is 77.0 Å². The van der Waals surface area contributed by atoms with E-state index in [0.717, 1.165) is 41.3 Å². The second-order valence-electron chi connectivity index (χ2n) is 9.96. The number of nitrogens with zero attached hydrogens (tertiary/aromatic N) is 1. The highest BCUT2D eigenvalue weighted by Crippen LogP contribution is 2.45. The highest BCUT2D eigenvalue weighted by Gasteiger charge is 2.44. The van der Waals surface area contributed by atoms with Crippen molar-refractivity contribution in [1.82, 2.24) is 4.90 Å². The summed E-state index contributed by atoms with van der Waals surface area (Å²) in [6.45, 7) is 0. The molecule has 2 aliphatic carbocycles. The first-order valence-corrected chi connectivity index (χ1v) is 11.6. The number of fused-ring (bicyclic) bond motifs is 4. The molecule has 1 aromatic rings. The number of rotatable bonds is 3. The van der Waals surface area contributed by atoms with Crippen molar-refractivity contribution in [2.24, 2.45) is 11.8 Å². The van der Waals surface area contributed by atoms with Crippen molar-refractivity contribution in [2.75, 3.05) is 11.1 Å². The van der Waals surface area contributed by atoms with Crippen LogP contribution < -0.4 is 11.1 Å². The Balaban J connectivity index is 1.29. The van der Waals surface area contributed by atoms with Crippen molar-refractivity contribution in [2.45, 2.75) is 101 Å². The predicted octanol–water partition coefficient (Wildman–Crippen LogP) is 5.43. The van der Waals surface area contributed by atoms with E-state index in [4.69, 9.17) is 5.73 Å². The Bertz CT molecular complexity index is 616. The van der Waals surface area contributed by atoms with Gasteiger partial charge in [-0.2, -0.15) is 0 Å². The van der Waals surface area contributed by atoms with Gasteiger partial charge >= 0.3 is 0 Å². The third kappa shape index (κ3) is 3.72. The standard InChI is InChI=1S/C24H37N3/c25-23-10-3-4-11-24(23)26-19-15-20-8-5-9-21(16-19)27(20)22-13-17-6-1-2-7-18(12-17)14-22/h3-4,10-11,17-22,26H,1-2,5-9,12-16,25H2/t17?,18?,19?,20-,21+,22?. The third-order valence-corrected chi connectivity index (χ3v) is 8.13. The molecule has 0 aromatic heterocycles. The van der Waals surface area contributed by atoms with E-state index < -0.39 is 0 Å². The molecule has 3 unspecified atom stereocenters. The van der Waals surface area contributed by atoms with E-state index in [1.807, 2.05) is 12.1 Å². The van der Waals surface area contributed by atoms with Crippen LogP contribution >= 0.6 is 0 Å². The average Bonchev–Trinajstić information content (AvgIpc) is 2.82. The first-order chi connectivity index (χ1) is 13.3. The SMILES string of the molecule is Nc1ccccc1NC1C[C@H]2CCC[C@@H](C1)N2C1CC2CCCCC(C2)C1. The van der Waals surface area contributed by atoms with Gasteiger partial charge in [-0.25, -0.2) is 0 Å². The fourth-order valence-electron chi connectivity index (χ4n) is 7.09. The lowest BCUT2D eigenvalue weighted by molar-refractivity contribution is -0.0307. The quantitative estimate of drug-likeness (QED) is 0.700. The minimum Gasteiger partial charge on any atom is -0.397 e. The lowest BCUT2D eigenvalue weighted by Crippen LogP contribution is -2.59. The van der Waals surface area contributed by atoms with Gasteiger partial charge in [-0.1, -0.05) is 44.2 Å². The monoisotopic (exact) mass is 367 g/mol. The number of hydrogen-bond acceptors (Lipinski definition) is 3. The zero-order valence-electron chi connectivity index (χ0n) is 16.8. The van der Waals surface area contributed by atoms with Crippen LogP contribution in [0.25, 0.3) is 0 Å². The molecular formula is C24H37N3. The average molecular weight is 368 g/mol. The zero-order valence-corrected chi connectivity index (χ0v) is 16.8. The summed E-state index contributed by atoms with van der Waals surface area (Å²) in [5, 5.41) is 3.80. The fourth-order valence-corrected chi connectivity index (χ4v) is 7.09. The lowest BCUT2D eigenvalue weighted by atomic mass is 9.73. The summed E-state index contributed by atoms with van der Waals surface area (Å²) in [6.07, 6.45) is 17.4. The van der Waals surface area contributed by atoms with Crippen LogP contribution in [0.4, 0.5) is 11.4 Å². The minimum atomic E-state index is 0.590. The van der Waals surface area contributed by atoms with Crippen molar-refractivity contribution >= 4 is 11.4 Å². The second-order valence-corrected chi connectivity index (χ2v) is 9.96. The number of nitrogens with one attached hydrogen (secondary N) is 1. The van der Waals surface area contributed by atoms with E-state index in [1.54, 1.807) is 0 Å². The Kier molecular flexibility index (Phi) is 5.06. The Labute approximate surface area is 165 Å². The molecule has 2 heterocycles. The van der Waals surface area contributed by atoms with Gasteiger partial charge in [0.2, 0.25) is 0 Å². The molecule has 1 aromatic carbocycles. The highest BCUT2D eigenvalue weighted by atomic mass is 15.2. The summed E-state index contributed by atoms with van der Waals surface area (Å²) in [5.41, 5.74) is 8.22. The van der Waals surface area contributed by atoms with Crippen molar-refractivity contribution in [1.29, 1.82) is 0 Å². The number of piperidine rings is 2. The number of para-hydroxylation sites is 2. The Morgan fingerprint density at radius 1 is 0.741 bits per heavy atom. The van der Waals surface area contributed by atoms with Crippen molar-refractivity contribution in [3.05, 3.63) is 24.3 Å². The van der Waals surface area contributed by atoms with Crippen molar-refractivity contribution in [3.63, 3.8) is 0 Å². The van der Waals surface area contributed by atoms with Crippen LogP contribution in [-0.2, 0) is 0 Å². The van der Waals surface area contributed by atoms with Gasteiger partial charge in [0.25, 0.3) is 0 Å². The summed E-state index contributed by atoms with van der Waals surface area (Å²) in [4.78, 5) is 3.04. The summed E-state index contributed by atoms with van der Waals surface area (Å²) in [5.74, 6) is 2.05. The topological polar surface area (TPSA) is 41.3 Å². The molecule has 0 amide bonds. The molecule has 148 valence electrons. The maximum absolute atomic E-state index is 6.19. The first kappa shape index (κ1) is 17.8. The van der Waals surface area contributed by atoms with Gasteiger partial charge in [-0.15, -0.1) is 0 Å². The van der Waals surface area contributed by atoms with Crippen LogP contribution in [0.3, 0.4) is 0 Å². The first-order valence-electron chi connectivity index (χ1n) is 11.6. The van der Waals surface area contributed by atoms with E-state index in [0.29, 0.717) is 6.04 Å². The van der Waals surface area contributed by atoms with Crippen LogP contribution in [-0.4, -0.2) is 29.1 Å². The Hall–Kier alpha value is -1.22. The predicted molar refractivity (Wildman–Crippen MR) is 114 cm³/mol. The maximum Gasteiger partial charge on any atom is 0.0576 e. The van der Waals surface area contributed by atoms with Gasteiger partial charge in [-0.3, -0.25) is 4.90 Å². The summed E-state index contributed by atoms with van der Waals surface area (Å²) in [7, 11) is 0. The molecule has 4 bridgehead atoms. The summed E-state index contributed by atoms with van der Waals surface area (Å²) >= 11 is 0. The maximum atomic E-state index is 6.19. The summed E-state index contributed by atoms with van der Waals surface area (Å²) in [6, 6.07) is 11.3. The lowest BCUT2D eigenvalue weighted by Gasteiger charge is -2.54. The van der Waals surface area contributed by atoms with E-state index in [2.05, 4.69) is 22.3 Å². The minimum absolute atomic E-state index is 0.590. The largest absolute Gasteiger partial charge is 0.397 e. The van der Waals surface area contributed by atoms with Gasteiger partial charge in [0.15, 0.2) is 0 Å². The molecular weight excluding hydrogens is 330 g/mol. The van der Waals surface area contributed by atoms with Crippen LogP contribution in [0.1, 0.15) is 77.0 Å². The molecule has 0 radical (unpaired) electrons. The normalized spacial score (nSPS) is 39.6. The molecule has 2 aliphatic heterocycles. The van der Waals surface area contributed by atoms with Crippen LogP contribution in [0.15, 0.2) is 24.3 Å². The second kappa shape index (κ2) is 7.66. The summed E-state index contributed by atoms with van der Waals surface area (Å²) < 4.78 is 0. The van der Waals surface area contributed by atoms with Gasteiger partial charge in [0.05, 0.1) is 11.4 Å². The van der Waals surface area contributed by atoms with Gasteiger partial charge in [-0.05, 0) is 68.9 Å². The van der Waals surface area contributed by atoms with E-state index >= 15 is 0 Å². The number of nitrogen functional groups attached to an aromatic ring is 1. The van der Waals surface area contributed by atoms with Crippen LogP contribution in [0.5, 0.6) is 0 Å². The molecule has 0 spiro atoms. The number of benzene rings is 1. The molecule has 3 nitrogen and oxygen atoms in total. The molecule has 27 heavy (non-hydrogen) atoms. The number of nitrogens with two attached hydrogens (primary N) is 1. The zero-order chi connectivity index (χ0) is 18.2. The molecule has 5 rings (SSSR count). The fraction of sp³-hybridized carbons (Fsp3) is 0.750. The van der Waals surface area contributed by atoms with Crippen LogP contribution in [0.2, 0.25) is 0 Å². The molecule has 2 saturated heterocycles. The van der Waals surface area contributed by atoms with Gasteiger partial charge < -0.3 is 11.1 Å². The number of anilines is 2. The number of hydrogen-bond donors (Lipinski definition) is 2. The molecule has 4 aliphatic rings. The molecule has 3 N–H and O–H groups in total. The van der Waals surface area contributed by atoms with Crippen LogP contribution in [0, 0.1) is 11.8 Å². The molecule has 2 saturated carbocycles. The molecule has 4 fully saturated rings. The van der Waals surface area contributed by atoms with Crippen molar-refractivity contribution < 1.29 is 0 Å². The molecule has 5 atom stereocenters. The smallest absolute Gasteiger partial charge is 0.0576 e. The van der Waals surface area contributed by atoms with Gasteiger partial charge in [0, 0.05) is 24.2 Å². The Morgan fingerprint density at radius 3 is 2.07 bits per heavy atom. The third-order valence-electron chi connectivity index (χ3n) is 8.13. The van der Waals surface area contributed by atoms with Crippen molar-refractivity contribution in [3.8, 4) is 0 Å². The van der Waals surface area contributed by atoms with Gasteiger partial charge in [0.1, 0.15) is 0 Å². The highest BCUT2D eigenvalue weighted by molar-refractivity contribution is 5.66. The molecule has 3 heteroatoms. The Morgan fingerprint density at radius 2 is 1.41 bits per heavy atom. The van der Waals surface area contributed by atoms with E-state index in [9.17, 15) is 0 Å².